The van der Waals surface area contributed by atoms with Crippen molar-refractivity contribution in [2.75, 3.05) is 0 Å². The van der Waals surface area contributed by atoms with Gasteiger partial charge in [0.15, 0.2) is 12.4 Å². The number of aromatic nitrogens is 3. The first-order chi connectivity index (χ1) is 13.7. The highest BCUT2D eigenvalue weighted by Gasteiger charge is 2.38. The maximum absolute atomic E-state index is 12.3. The Kier molecular flexibility index (Phi) is 5.66. The Morgan fingerprint density at radius 1 is 1.07 bits per heavy atom. The highest BCUT2D eigenvalue weighted by molar-refractivity contribution is 5.81. The minimum Gasteiger partial charge on any atom is -0.762 e. The summed E-state index contributed by atoms with van der Waals surface area (Å²) >= 11 is 0. The minimum absolute atomic E-state index is 0.109. The van der Waals surface area contributed by atoms with Crippen molar-refractivity contribution in [2.24, 2.45) is 5.73 Å². The zero-order valence-electron chi connectivity index (χ0n) is 14.8. The molecule has 0 aliphatic carbocycles. The van der Waals surface area contributed by atoms with Crippen LogP contribution in [0.4, 0.5) is 0 Å². The molecule has 0 fully saturated rings. The molecular formula is C21H16N6O. The van der Waals surface area contributed by atoms with Crippen molar-refractivity contribution in [3.63, 3.8) is 0 Å². The number of nitrogens with two attached hydrogens (primary N) is 1. The Labute approximate surface area is 161 Å². The molecule has 136 valence electrons. The molecule has 3 heterocycles. The Hall–Kier alpha value is -4.14. The van der Waals surface area contributed by atoms with Gasteiger partial charge < -0.3 is 11.1 Å². The number of nitrogens with zero attached hydrogens (tertiary/aromatic N) is 5. The number of carbonyl (C=O) groups is 1. The van der Waals surface area contributed by atoms with E-state index in [1.165, 1.54) is 6.20 Å². The van der Waals surface area contributed by atoms with Crippen LogP contribution in [0.2, 0.25) is 0 Å². The van der Waals surface area contributed by atoms with Gasteiger partial charge in [-0.05, 0) is 34.9 Å². The first-order valence-corrected chi connectivity index (χ1v) is 8.43. The first-order valence-electron chi connectivity index (χ1n) is 8.43. The number of allylic oxidation sites excluding steroid dienone is 1. The highest BCUT2D eigenvalue weighted by atomic mass is 16.1. The van der Waals surface area contributed by atoms with E-state index in [4.69, 9.17) is 5.73 Å². The third kappa shape index (κ3) is 3.83. The standard InChI is InChI=1S/C21H16N6O/c22-12-18(13-23)19(17-2-1-7-26-14-17)20(21(24)28)27-10-5-16(6-11-27)15-3-8-25-9-4-15/h1-11,14,19-20H,(H2,24,28). The Morgan fingerprint density at radius 2 is 1.75 bits per heavy atom. The van der Waals surface area contributed by atoms with Crippen LogP contribution in [0.25, 0.3) is 16.5 Å². The van der Waals surface area contributed by atoms with Crippen molar-refractivity contribution < 1.29 is 9.36 Å². The van der Waals surface area contributed by atoms with Crippen LogP contribution in [0.15, 0.2) is 79.2 Å². The molecule has 0 saturated carbocycles. The number of rotatable bonds is 6. The largest absolute Gasteiger partial charge is 0.762 e. The third-order valence-electron chi connectivity index (χ3n) is 4.39. The molecule has 28 heavy (non-hydrogen) atoms. The Bertz CT molecular complexity index is 1050. The van der Waals surface area contributed by atoms with Gasteiger partial charge in [0.1, 0.15) is 6.07 Å². The number of primary amides is 1. The summed E-state index contributed by atoms with van der Waals surface area (Å²) in [4.78, 5) is 20.4. The lowest BCUT2D eigenvalue weighted by atomic mass is 9.86. The molecule has 3 aromatic rings. The summed E-state index contributed by atoms with van der Waals surface area (Å²) in [6.45, 7) is 0. The molecule has 7 nitrogen and oxygen atoms in total. The lowest BCUT2D eigenvalue weighted by molar-refractivity contribution is -0.711. The molecule has 0 aromatic carbocycles. The van der Waals surface area contributed by atoms with Gasteiger partial charge in [-0.3, -0.25) is 20.6 Å². The SMILES string of the molecule is N#CC(=C=[N-])C(c1cccnc1)C(C(N)=O)[n+]1ccc(-c2ccncc2)cc1. The van der Waals surface area contributed by atoms with E-state index in [9.17, 15) is 15.5 Å². The fourth-order valence-electron chi connectivity index (χ4n) is 3.07. The van der Waals surface area contributed by atoms with Crippen LogP contribution in [0, 0.1) is 11.3 Å². The molecule has 0 spiro atoms. The second-order valence-electron chi connectivity index (χ2n) is 6.02. The van der Waals surface area contributed by atoms with E-state index >= 15 is 0 Å². The number of hydrogen-bond donors (Lipinski definition) is 1. The van der Waals surface area contributed by atoms with Gasteiger partial charge in [-0.1, -0.05) is 6.07 Å². The average Bonchev–Trinajstić information content (AvgIpc) is 2.75. The molecule has 1 amide bonds. The zero-order chi connectivity index (χ0) is 19.9. The monoisotopic (exact) mass is 368 g/mol. The lowest BCUT2D eigenvalue weighted by Gasteiger charge is -2.20. The predicted octanol–water partition coefficient (Wildman–Crippen LogP) is 1.93. The van der Waals surface area contributed by atoms with Gasteiger partial charge in [-0.15, -0.1) is 0 Å². The average molecular weight is 368 g/mol. The van der Waals surface area contributed by atoms with Gasteiger partial charge in [0, 0.05) is 36.9 Å². The first kappa shape index (κ1) is 18.6. The summed E-state index contributed by atoms with van der Waals surface area (Å²) in [6, 6.07) is 11.8. The van der Waals surface area contributed by atoms with Crippen molar-refractivity contribution in [1.29, 1.82) is 5.26 Å². The van der Waals surface area contributed by atoms with Crippen LogP contribution in [0.5, 0.6) is 0 Å². The van der Waals surface area contributed by atoms with E-state index in [-0.39, 0.29) is 5.57 Å². The van der Waals surface area contributed by atoms with Gasteiger partial charge in [0.2, 0.25) is 6.04 Å². The number of pyridine rings is 3. The van der Waals surface area contributed by atoms with Crippen molar-refractivity contribution in [2.45, 2.75) is 12.0 Å². The number of hydrogen-bond acceptors (Lipinski definition) is 4. The van der Waals surface area contributed by atoms with Crippen molar-refractivity contribution >= 4 is 11.8 Å². The summed E-state index contributed by atoms with van der Waals surface area (Å²) in [5.41, 5.74) is 8.05. The van der Waals surface area contributed by atoms with Crippen LogP contribution in [0.3, 0.4) is 0 Å². The van der Waals surface area contributed by atoms with Gasteiger partial charge in [0.25, 0.3) is 5.91 Å². The Morgan fingerprint density at radius 3 is 2.29 bits per heavy atom. The molecule has 7 heteroatoms. The normalized spacial score (nSPS) is 12.2. The molecule has 0 radical (unpaired) electrons. The van der Waals surface area contributed by atoms with Crippen LogP contribution in [0.1, 0.15) is 17.5 Å². The minimum atomic E-state index is -0.954. The molecule has 3 rings (SSSR count). The van der Waals surface area contributed by atoms with E-state index in [1.54, 1.807) is 47.7 Å². The summed E-state index contributed by atoms with van der Waals surface area (Å²) in [6.07, 6.45) is 9.92. The lowest BCUT2D eigenvalue weighted by Crippen LogP contribution is -2.49. The molecule has 2 unspecified atom stereocenters. The molecule has 0 bridgehead atoms. The molecule has 2 atom stereocenters. The summed E-state index contributed by atoms with van der Waals surface area (Å²) in [7, 11) is 0. The predicted molar refractivity (Wildman–Crippen MR) is 103 cm³/mol. The zero-order valence-corrected chi connectivity index (χ0v) is 14.8. The third-order valence-corrected chi connectivity index (χ3v) is 4.39. The summed E-state index contributed by atoms with van der Waals surface area (Å²) in [5.74, 6) is 0.403. The van der Waals surface area contributed by atoms with E-state index in [0.717, 1.165) is 11.1 Å². The molecule has 2 N–H and O–H groups in total. The second kappa shape index (κ2) is 8.49. The highest BCUT2D eigenvalue weighted by Crippen LogP contribution is 2.31. The smallest absolute Gasteiger partial charge is 0.287 e. The molecule has 0 aliphatic heterocycles. The maximum Gasteiger partial charge on any atom is 0.287 e. The molecular weight excluding hydrogens is 352 g/mol. The van der Waals surface area contributed by atoms with Gasteiger partial charge in [-0.2, -0.15) is 9.83 Å². The molecule has 0 aliphatic rings. The van der Waals surface area contributed by atoms with Crippen LogP contribution < -0.4 is 10.3 Å². The van der Waals surface area contributed by atoms with Gasteiger partial charge in [-0.25, -0.2) is 0 Å². The van der Waals surface area contributed by atoms with Crippen molar-refractivity contribution in [3.8, 4) is 17.2 Å². The van der Waals surface area contributed by atoms with E-state index in [2.05, 4.69) is 9.97 Å². The van der Waals surface area contributed by atoms with E-state index in [0.29, 0.717) is 5.56 Å². The number of carbonyl (C=O) groups excluding carboxylic acids is 1. The van der Waals surface area contributed by atoms with Crippen molar-refractivity contribution in [3.05, 3.63) is 90.1 Å². The van der Waals surface area contributed by atoms with E-state index in [1.807, 2.05) is 36.2 Å². The number of amides is 1. The second-order valence-corrected chi connectivity index (χ2v) is 6.02. The summed E-state index contributed by atoms with van der Waals surface area (Å²) in [5, 5.41) is 18.9. The Balaban J connectivity index is 2.07. The maximum atomic E-state index is 12.3. The summed E-state index contributed by atoms with van der Waals surface area (Å²) < 4.78 is 1.61. The molecule has 3 aromatic heterocycles. The fourth-order valence-corrected chi connectivity index (χ4v) is 3.07. The van der Waals surface area contributed by atoms with Crippen LogP contribution in [-0.2, 0) is 4.79 Å². The van der Waals surface area contributed by atoms with Crippen LogP contribution >= 0.6 is 0 Å². The fraction of sp³-hybridized carbons (Fsp3) is 0.0952. The van der Waals surface area contributed by atoms with Crippen molar-refractivity contribution in [1.82, 2.24) is 9.97 Å². The van der Waals surface area contributed by atoms with Gasteiger partial charge >= 0.3 is 0 Å². The van der Waals surface area contributed by atoms with Crippen LogP contribution in [-0.4, -0.2) is 21.7 Å². The van der Waals surface area contributed by atoms with Gasteiger partial charge in [0.05, 0.1) is 11.5 Å². The topological polar surface area (TPSA) is 119 Å². The molecule has 0 saturated heterocycles. The quantitative estimate of drug-likeness (QED) is 0.406. The van der Waals surface area contributed by atoms with E-state index < -0.39 is 17.9 Å². The number of nitriles is 1.